The van der Waals surface area contributed by atoms with Gasteiger partial charge in [0.25, 0.3) is 0 Å². The number of carbonyl (C=O) groups is 1. The van der Waals surface area contributed by atoms with E-state index in [1.54, 1.807) is 4.90 Å². The highest BCUT2D eigenvalue weighted by Gasteiger charge is 2.55. The van der Waals surface area contributed by atoms with E-state index in [1.165, 1.54) is 19.3 Å². The minimum atomic E-state index is -0.399. The molecule has 0 heterocycles. The lowest BCUT2D eigenvalue weighted by atomic mass is 9.47. The molecule has 1 atom stereocenters. The van der Waals surface area contributed by atoms with Gasteiger partial charge in [-0.25, -0.2) is 0 Å². The Kier molecular flexibility index (Phi) is 3.50. The first-order valence-electron chi connectivity index (χ1n) is 7.99. The van der Waals surface area contributed by atoms with Gasteiger partial charge in [-0.3, -0.25) is 4.79 Å². The van der Waals surface area contributed by atoms with Crippen molar-refractivity contribution in [3.05, 3.63) is 0 Å². The Bertz CT molecular complexity index is 404. The second-order valence-electron chi connectivity index (χ2n) is 7.27. The van der Waals surface area contributed by atoms with E-state index < -0.39 is 6.04 Å². The van der Waals surface area contributed by atoms with Crippen molar-refractivity contribution in [2.75, 3.05) is 13.1 Å². The molecule has 110 valence electrons. The minimum absolute atomic E-state index is 0.00370. The number of amides is 1. The molecule has 0 aromatic heterocycles. The summed E-state index contributed by atoms with van der Waals surface area (Å²) in [5, 5.41) is 8.85. The number of hydrogen-bond acceptors (Lipinski definition) is 3. The number of nitriles is 1. The summed E-state index contributed by atoms with van der Waals surface area (Å²) in [4.78, 5) is 14.2. The second-order valence-corrected chi connectivity index (χ2v) is 7.27. The lowest BCUT2D eigenvalue weighted by Gasteiger charge is -2.58. The summed E-state index contributed by atoms with van der Waals surface area (Å²) in [6.45, 7) is 2.66. The molecule has 4 bridgehead atoms. The van der Waals surface area contributed by atoms with Crippen LogP contribution in [0.2, 0.25) is 0 Å². The summed E-state index contributed by atoms with van der Waals surface area (Å²) < 4.78 is 0. The van der Waals surface area contributed by atoms with E-state index in [2.05, 4.69) is 6.07 Å². The monoisotopic (exact) mass is 275 g/mol. The van der Waals surface area contributed by atoms with Gasteiger partial charge in [0.15, 0.2) is 0 Å². The highest BCUT2D eigenvalue weighted by molar-refractivity contribution is 5.83. The van der Waals surface area contributed by atoms with Gasteiger partial charge in [-0.1, -0.05) is 0 Å². The number of rotatable bonds is 4. The van der Waals surface area contributed by atoms with Crippen LogP contribution in [0.4, 0.5) is 0 Å². The quantitative estimate of drug-likeness (QED) is 0.797. The van der Waals surface area contributed by atoms with Crippen LogP contribution < -0.4 is 5.73 Å². The van der Waals surface area contributed by atoms with Crippen molar-refractivity contribution < 1.29 is 4.79 Å². The average molecular weight is 275 g/mol. The van der Waals surface area contributed by atoms with Crippen LogP contribution in [0.5, 0.6) is 0 Å². The van der Waals surface area contributed by atoms with Crippen molar-refractivity contribution in [3.63, 3.8) is 0 Å². The smallest absolute Gasteiger partial charge is 0.240 e. The Labute approximate surface area is 121 Å². The van der Waals surface area contributed by atoms with Gasteiger partial charge in [0.05, 0.1) is 12.1 Å². The molecular formula is C16H25N3O. The van der Waals surface area contributed by atoms with Crippen LogP contribution in [-0.4, -0.2) is 29.9 Å². The summed E-state index contributed by atoms with van der Waals surface area (Å²) in [5.41, 5.74) is 6.46. The van der Waals surface area contributed by atoms with Crippen molar-refractivity contribution in [3.8, 4) is 6.07 Å². The van der Waals surface area contributed by atoms with Gasteiger partial charge in [-0.2, -0.15) is 5.26 Å². The van der Waals surface area contributed by atoms with Crippen molar-refractivity contribution in [2.24, 2.45) is 28.9 Å². The van der Waals surface area contributed by atoms with Crippen molar-refractivity contribution in [2.45, 2.75) is 51.5 Å². The van der Waals surface area contributed by atoms with Crippen molar-refractivity contribution >= 4 is 5.91 Å². The van der Waals surface area contributed by atoms with E-state index in [4.69, 9.17) is 11.0 Å². The normalized spacial score (nSPS) is 39.4. The van der Waals surface area contributed by atoms with Crippen molar-refractivity contribution in [1.29, 1.82) is 5.26 Å². The minimum Gasteiger partial charge on any atom is -0.328 e. The fourth-order valence-corrected chi connectivity index (χ4v) is 5.45. The Hall–Kier alpha value is -1.08. The van der Waals surface area contributed by atoms with E-state index >= 15 is 0 Å². The number of nitrogens with zero attached hydrogens (tertiary/aromatic N) is 2. The van der Waals surface area contributed by atoms with Gasteiger partial charge in [0.2, 0.25) is 5.91 Å². The van der Waals surface area contributed by atoms with Gasteiger partial charge < -0.3 is 10.6 Å². The summed E-state index contributed by atoms with van der Waals surface area (Å²) in [5.74, 6) is 2.39. The van der Waals surface area contributed by atoms with Gasteiger partial charge in [-0.15, -0.1) is 0 Å². The fourth-order valence-electron chi connectivity index (χ4n) is 5.45. The topological polar surface area (TPSA) is 70.1 Å². The maximum absolute atomic E-state index is 12.6. The fraction of sp³-hybridized carbons (Fsp3) is 0.875. The zero-order valence-electron chi connectivity index (χ0n) is 12.3. The van der Waals surface area contributed by atoms with Crippen LogP contribution in [-0.2, 0) is 4.79 Å². The van der Waals surface area contributed by atoms with Crippen LogP contribution in [0.3, 0.4) is 0 Å². The van der Waals surface area contributed by atoms with Gasteiger partial charge in [0, 0.05) is 6.54 Å². The van der Waals surface area contributed by atoms with Crippen molar-refractivity contribution in [1.82, 2.24) is 4.90 Å². The molecule has 0 radical (unpaired) electrons. The maximum Gasteiger partial charge on any atom is 0.240 e. The van der Waals surface area contributed by atoms with Gasteiger partial charge >= 0.3 is 0 Å². The molecule has 20 heavy (non-hydrogen) atoms. The lowest BCUT2D eigenvalue weighted by Crippen LogP contribution is -2.60. The second kappa shape index (κ2) is 5.04. The first-order chi connectivity index (χ1) is 9.58. The molecule has 4 saturated carbocycles. The molecule has 2 N–H and O–H groups in total. The van der Waals surface area contributed by atoms with Crippen LogP contribution in [0, 0.1) is 34.5 Å². The highest BCUT2D eigenvalue weighted by atomic mass is 16.2. The molecular weight excluding hydrogens is 250 g/mol. The van der Waals surface area contributed by atoms with E-state index in [1.807, 2.05) is 6.92 Å². The van der Waals surface area contributed by atoms with E-state index in [0.717, 1.165) is 37.0 Å². The molecule has 0 aromatic rings. The molecule has 0 unspecified atom stereocenters. The third-order valence-corrected chi connectivity index (χ3v) is 5.97. The SMILES string of the molecule is CCN(CC#N)C(=O)[C@@H](N)C12CC3CC(CC(C3)C1)C2. The lowest BCUT2D eigenvalue weighted by molar-refractivity contribution is -0.142. The first-order valence-corrected chi connectivity index (χ1v) is 7.99. The largest absolute Gasteiger partial charge is 0.328 e. The Morgan fingerprint density at radius 1 is 1.30 bits per heavy atom. The molecule has 4 heteroatoms. The molecule has 4 aliphatic carbocycles. The summed E-state index contributed by atoms with van der Waals surface area (Å²) in [6, 6.07) is 1.68. The predicted octanol–water partition coefficient (Wildman–Crippen LogP) is 1.90. The summed E-state index contributed by atoms with van der Waals surface area (Å²) >= 11 is 0. The zero-order chi connectivity index (χ0) is 14.3. The Morgan fingerprint density at radius 3 is 2.20 bits per heavy atom. The highest BCUT2D eigenvalue weighted by Crippen LogP contribution is 2.61. The number of nitrogens with two attached hydrogens (primary N) is 1. The third kappa shape index (κ3) is 2.13. The summed E-state index contributed by atoms with van der Waals surface area (Å²) in [6.07, 6.45) is 7.48. The molecule has 0 spiro atoms. The molecule has 0 saturated heterocycles. The van der Waals surface area contributed by atoms with Crippen LogP contribution >= 0.6 is 0 Å². The third-order valence-electron chi connectivity index (χ3n) is 5.97. The number of likely N-dealkylation sites (N-methyl/N-ethyl adjacent to an activating group) is 1. The molecule has 4 aliphatic rings. The van der Waals surface area contributed by atoms with E-state index in [9.17, 15) is 4.79 Å². The average Bonchev–Trinajstić information content (AvgIpc) is 2.41. The van der Waals surface area contributed by atoms with E-state index in [-0.39, 0.29) is 17.9 Å². The molecule has 4 nitrogen and oxygen atoms in total. The van der Waals surface area contributed by atoms with Crippen LogP contribution in [0.1, 0.15) is 45.4 Å². The number of hydrogen-bond donors (Lipinski definition) is 1. The molecule has 0 aliphatic heterocycles. The van der Waals surface area contributed by atoms with E-state index in [0.29, 0.717) is 6.54 Å². The molecule has 1 amide bonds. The standard InChI is InChI=1S/C16H25N3O/c1-2-19(4-3-17)15(20)14(18)16-8-11-5-12(9-16)7-13(6-11)10-16/h11-14H,2,4-10,18H2,1H3/t11?,12?,13?,14-,16?/m1/s1. The molecule has 4 rings (SSSR count). The molecule has 4 fully saturated rings. The van der Waals surface area contributed by atoms with Gasteiger partial charge in [-0.05, 0) is 68.6 Å². The zero-order valence-corrected chi connectivity index (χ0v) is 12.3. The Morgan fingerprint density at radius 2 is 1.80 bits per heavy atom. The number of carbonyl (C=O) groups excluding carboxylic acids is 1. The maximum atomic E-state index is 12.6. The van der Waals surface area contributed by atoms with Crippen LogP contribution in [0.15, 0.2) is 0 Å². The Balaban J connectivity index is 1.78. The predicted molar refractivity (Wildman–Crippen MR) is 76.4 cm³/mol. The summed E-state index contributed by atoms with van der Waals surface area (Å²) in [7, 11) is 0. The van der Waals surface area contributed by atoms with Gasteiger partial charge in [0.1, 0.15) is 6.54 Å². The molecule has 0 aromatic carbocycles. The first kappa shape index (κ1) is 13.9. The van der Waals surface area contributed by atoms with Crippen LogP contribution in [0.25, 0.3) is 0 Å².